The Balaban J connectivity index is 1.19. The number of likely N-dealkylation sites (tertiary alicyclic amines) is 1. The molecule has 2 bridgehead atoms. The van der Waals surface area contributed by atoms with Crippen molar-refractivity contribution < 1.29 is 14.4 Å². The second-order valence-corrected chi connectivity index (χ2v) is 12.8. The molecule has 2 aliphatic carbocycles. The molecule has 2 aromatic carbocycles. The molecule has 3 fully saturated rings. The van der Waals surface area contributed by atoms with Crippen LogP contribution in [0.1, 0.15) is 28.3 Å². The van der Waals surface area contributed by atoms with E-state index in [4.69, 9.17) is 0 Å². The normalized spacial score (nSPS) is 31.3. The molecule has 2 saturated carbocycles. The Bertz CT molecular complexity index is 1500. The number of carbonyl (C=O) groups excluding carboxylic acids is 3. The van der Waals surface area contributed by atoms with E-state index in [0.29, 0.717) is 5.69 Å². The predicted molar refractivity (Wildman–Crippen MR) is 141 cm³/mol. The molecule has 3 heterocycles. The first-order valence-electron chi connectivity index (χ1n) is 12.6. The lowest BCUT2D eigenvalue weighted by molar-refractivity contribution is -0.143. The molecule has 7 nitrogen and oxygen atoms in total. The maximum absolute atomic E-state index is 13.7. The average Bonchev–Trinajstić information content (AvgIpc) is 3.60. The predicted octanol–water partition coefficient (Wildman–Crippen LogP) is 3.86. The van der Waals surface area contributed by atoms with E-state index < -0.39 is 5.92 Å². The minimum Gasteiger partial charge on any atom is -0.325 e. The van der Waals surface area contributed by atoms with Crippen LogP contribution in [0, 0.1) is 36.5 Å². The van der Waals surface area contributed by atoms with Gasteiger partial charge in [0.1, 0.15) is 6.54 Å². The van der Waals surface area contributed by atoms with Crippen molar-refractivity contribution in [3.63, 3.8) is 0 Å². The maximum Gasteiger partial charge on any atom is 0.305 e. The third-order valence-electron chi connectivity index (χ3n) is 8.58. The number of aromatic amines is 1. The zero-order chi connectivity index (χ0) is 25.4. The number of aryl methyl sites for hydroxylation is 1. The van der Waals surface area contributed by atoms with E-state index in [1.807, 2.05) is 43.3 Å². The fourth-order valence-electron chi connectivity index (χ4n) is 7.33. The number of nitrogens with one attached hydrogen (secondary N) is 2. The topological polar surface area (TPSA) is 99.3 Å². The minimum absolute atomic E-state index is 0.0175. The lowest BCUT2D eigenvalue weighted by atomic mass is 9.68. The molecule has 0 unspecified atom stereocenters. The van der Waals surface area contributed by atoms with Crippen molar-refractivity contribution in [2.24, 2.45) is 29.6 Å². The smallest absolute Gasteiger partial charge is 0.305 e. The van der Waals surface area contributed by atoms with Gasteiger partial charge in [-0.3, -0.25) is 24.1 Å². The van der Waals surface area contributed by atoms with Crippen molar-refractivity contribution in [1.82, 2.24) is 9.88 Å². The van der Waals surface area contributed by atoms with Gasteiger partial charge in [0.15, 0.2) is 0 Å². The SMILES string of the molecule is Cc1cccc(NC(=O)CN2C(=O)[C@@H]3[C@H]4C[C@@H]([C@@H]3C2=O)[C@H]2[C@@H](c3ccccc3)c3sc(=O)[nH]c3S[C@@H]42)c1. The molecule has 1 saturated heterocycles. The van der Waals surface area contributed by atoms with Gasteiger partial charge in [0, 0.05) is 21.7 Å². The molecule has 3 aromatic rings. The van der Waals surface area contributed by atoms with E-state index in [0.717, 1.165) is 27.5 Å². The van der Waals surface area contributed by atoms with E-state index in [1.54, 1.807) is 17.8 Å². The number of aromatic nitrogens is 1. The van der Waals surface area contributed by atoms with Gasteiger partial charge >= 0.3 is 4.87 Å². The lowest BCUT2D eigenvalue weighted by Crippen LogP contribution is -2.42. The molecule has 2 N–H and O–H groups in total. The number of H-pyrrole nitrogens is 1. The Kier molecular flexibility index (Phi) is 5.23. The van der Waals surface area contributed by atoms with Gasteiger partial charge in [0.05, 0.1) is 16.9 Å². The molecule has 4 aliphatic rings. The standard InChI is InChI=1S/C28H25N3O4S2/c1-13-6-5-9-15(10-13)29-18(32)12-31-26(33)21-16-11-17(22(21)27(31)34)23-20(16)19(14-7-3-2-4-8-14)24-25(36-23)30-28(35)37-24/h2-10,16-17,19-23H,11-12H2,1H3,(H,29,32)(H,30,35)/t16-,17-,19-,20+,21+,22-,23+/m1/s1. The number of carbonyl (C=O) groups is 3. The number of rotatable bonds is 4. The van der Waals surface area contributed by atoms with E-state index in [2.05, 4.69) is 22.4 Å². The van der Waals surface area contributed by atoms with Gasteiger partial charge in [-0.25, -0.2) is 0 Å². The molecule has 2 aliphatic heterocycles. The summed E-state index contributed by atoms with van der Waals surface area (Å²) >= 11 is 2.93. The Morgan fingerprint density at radius 2 is 1.78 bits per heavy atom. The molecule has 9 heteroatoms. The summed E-state index contributed by atoms with van der Waals surface area (Å²) in [4.78, 5) is 57.5. The van der Waals surface area contributed by atoms with Gasteiger partial charge in [-0.05, 0) is 54.4 Å². The summed E-state index contributed by atoms with van der Waals surface area (Å²) in [5.74, 6) is -1.31. The molecular formula is C28H25N3O4S2. The number of anilines is 1. The van der Waals surface area contributed by atoms with Gasteiger partial charge in [-0.2, -0.15) is 0 Å². The van der Waals surface area contributed by atoms with Crippen molar-refractivity contribution in [1.29, 1.82) is 0 Å². The van der Waals surface area contributed by atoms with Crippen molar-refractivity contribution in [3.8, 4) is 0 Å². The molecule has 0 radical (unpaired) electrons. The number of amides is 3. The van der Waals surface area contributed by atoms with Crippen molar-refractivity contribution in [3.05, 3.63) is 80.3 Å². The number of fused-ring (bicyclic) bond motifs is 9. The average molecular weight is 532 g/mol. The van der Waals surface area contributed by atoms with Gasteiger partial charge in [0.25, 0.3) is 0 Å². The molecule has 1 aromatic heterocycles. The van der Waals surface area contributed by atoms with E-state index in [1.165, 1.54) is 16.2 Å². The van der Waals surface area contributed by atoms with Crippen LogP contribution in [0.5, 0.6) is 0 Å². The van der Waals surface area contributed by atoms with Crippen LogP contribution in [-0.2, 0) is 14.4 Å². The first-order valence-corrected chi connectivity index (χ1v) is 14.3. The van der Waals surface area contributed by atoms with Crippen molar-refractivity contribution in [2.75, 3.05) is 11.9 Å². The van der Waals surface area contributed by atoms with Crippen LogP contribution < -0.4 is 10.2 Å². The molecule has 3 amide bonds. The summed E-state index contributed by atoms with van der Waals surface area (Å²) in [6.45, 7) is 1.68. The monoisotopic (exact) mass is 531 g/mol. The second-order valence-electron chi connectivity index (χ2n) is 10.6. The Morgan fingerprint density at radius 1 is 1.03 bits per heavy atom. The number of hydrogen-bond donors (Lipinski definition) is 2. The molecule has 37 heavy (non-hydrogen) atoms. The second kappa shape index (κ2) is 8.43. The van der Waals surface area contributed by atoms with Crippen molar-refractivity contribution in [2.45, 2.75) is 29.5 Å². The van der Waals surface area contributed by atoms with Crippen LogP contribution in [0.25, 0.3) is 0 Å². The highest BCUT2D eigenvalue weighted by atomic mass is 32.2. The first-order chi connectivity index (χ1) is 17.9. The van der Waals surface area contributed by atoms with E-state index in [-0.39, 0.29) is 64.0 Å². The van der Waals surface area contributed by atoms with Gasteiger partial charge < -0.3 is 10.3 Å². The molecular weight excluding hydrogens is 506 g/mol. The number of benzene rings is 2. The molecule has 188 valence electrons. The Labute approximate surface area is 221 Å². The van der Waals surface area contributed by atoms with Crippen LogP contribution in [0.3, 0.4) is 0 Å². The highest BCUT2D eigenvalue weighted by Crippen LogP contribution is 2.68. The van der Waals surface area contributed by atoms with Crippen LogP contribution >= 0.6 is 23.1 Å². The summed E-state index contributed by atoms with van der Waals surface area (Å²) in [6, 6.07) is 17.6. The molecule has 0 spiro atoms. The van der Waals surface area contributed by atoms with Crippen LogP contribution in [0.4, 0.5) is 5.69 Å². The third kappa shape index (κ3) is 3.47. The van der Waals surface area contributed by atoms with Gasteiger partial charge in [0.2, 0.25) is 17.7 Å². The largest absolute Gasteiger partial charge is 0.325 e. The van der Waals surface area contributed by atoms with E-state index >= 15 is 0 Å². The highest BCUT2D eigenvalue weighted by molar-refractivity contribution is 8.00. The number of thioether (sulfide) groups is 1. The fourth-order valence-corrected chi connectivity index (χ4v) is 10.2. The number of hydrogen-bond acceptors (Lipinski definition) is 6. The van der Waals surface area contributed by atoms with Gasteiger partial charge in [-0.15, -0.1) is 11.8 Å². The summed E-state index contributed by atoms with van der Waals surface area (Å²) in [7, 11) is 0. The zero-order valence-electron chi connectivity index (χ0n) is 20.0. The summed E-state index contributed by atoms with van der Waals surface area (Å²) in [5, 5.41) is 3.87. The molecule has 7 atom stereocenters. The van der Waals surface area contributed by atoms with Crippen LogP contribution in [0.15, 0.2) is 64.4 Å². The first kappa shape index (κ1) is 23.0. The van der Waals surface area contributed by atoms with E-state index in [9.17, 15) is 19.2 Å². The summed E-state index contributed by atoms with van der Waals surface area (Å²) in [6.07, 6.45) is 0.834. The summed E-state index contributed by atoms with van der Waals surface area (Å²) < 4.78 is 0. The van der Waals surface area contributed by atoms with Gasteiger partial charge in [-0.1, -0.05) is 53.8 Å². The lowest BCUT2D eigenvalue weighted by Gasteiger charge is -2.43. The number of imide groups is 1. The minimum atomic E-state index is -0.394. The summed E-state index contributed by atoms with van der Waals surface area (Å²) in [5.41, 5.74) is 2.81. The number of nitrogens with zero attached hydrogens (tertiary/aromatic N) is 1. The Hall–Kier alpha value is -3.17. The zero-order valence-corrected chi connectivity index (χ0v) is 21.7. The maximum atomic E-state index is 13.7. The highest BCUT2D eigenvalue weighted by Gasteiger charge is 2.69. The number of thiazole rings is 1. The third-order valence-corrected chi connectivity index (χ3v) is 11.2. The Morgan fingerprint density at radius 3 is 2.54 bits per heavy atom. The van der Waals surface area contributed by atoms with Crippen LogP contribution in [0.2, 0.25) is 0 Å². The van der Waals surface area contributed by atoms with Crippen molar-refractivity contribution >= 4 is 46.5 Å². The molecule has 7 rings (SSSR count). The quantitative estimate of drug-likeness (QED) is 0.498. The fraction of sp³-hybridized carbons (Fsp3) is 0.357. The van der Waals surface area contributed by atoms with Crippen LogP contribution in [-0.4, -0.2) is 39.4 Å².